The summed E-state index contributed by atoms with van der Waals surface area (Å²) in [7, 11) is 9.58. The van der Waals surface area contributed by atoms with Crippen LogP contribution in [0.3, 0.4) is 0 Å². The predicted molar refractivity (Wildman–Crippen MR) is 174 cm³/mol. The zero-order valence-electron chi connectivity index (χ0n) is 25.1. The maximum atomic E-state index is 12.8. The SMILES string of the molecule is CN(C)C/C=C/C=O.CN(C)c1cccc(N(C=O)c2ncnc(N)c2N(C)c2ccc(C(=O)c3ccccc3)cc2)c1. The fraction of sp³-hybridized carbons (Fsp3) is 0.182. The predicted octanol–water partition coefficient (Wildman–Crippen LogP) is 4.72. The zero-order chi connectivity index (χ0) is 31.4. The summed E-state index contributed by atoms with van der Waals surface area (Å²) >= 11 is 0. The molecular weight excluding hydrogens is 542 g/mol. The number of hydrogen-bond acceptors (Lipinski definition) is 9. The first-order valence-electron chi connectivity index (χ1n) is 13.5. The van der Waals surface area contributed by atoms with Crippen LogP contribution < -0.4 is 20.4 Å². The minimum absolute atomic E-state index is 0.0593. The molecule has 1 heterocycles. The molecule has 0 spiro atoms. The van der Waals surface area contributed by atoms with E-state index in [1.165, 1.54) is 17.3 Å². The number of carbonyl (C=O) groups is 3. The van der Waals surface area contributed by atoms with Crippen molar-refractivity contribution in [2.24, 2.45) is 0 Å². The molecule has 4 aromatic rings. The number of rotatable bonds is 11. The Morgan fingerprint density at radius 3 is 2.05 bits per heavy atom. The van der Waals surface area contributed by atoms with Gasteiger partial charge in [0.2, 0.25) is 6.41 Å². The fourth-order valence-electron chi connectivity index (χ4n) is 4.08. The molecule has 0 aliphatic heterocycles. The Hall–Kier alpha value is -5.35. The highest BCUT2D eigenvalue weighted by Gasteiger charge is 2.22. The molecule has 0 bridgehead atoms. The van der Waals surface area contributed by atoms with Crippen molar-refractivity contribution in [3.05, 3.63) is 108 Å². The normalized spacial score (nSPS) is 10.6. The largest absolute Gasteiger partial charge is 0.382 e. The standard InChI is InChI=1S/C27H26N6O2.C6H11NO/c1-31(2)22-10-7-11-23(16-22)33(18-34)27-24(26(28)29-17-30-27)32(3)21-14-12-20(13-15-21)25(35)19-8-5-4-6-9-19;1-7(2)5-3-4-6-8/h4-18H,1-3H3,(H2,28,29,30);3-4,6H,5H2,1-2H3/b;4-3+. The van der Waals surface area contributed by atoms with Gasteiger partial charge in [0.25, 0.3) is 0 Å². The second-order valence-electron chi connectivity index (χ2n) is 9.95. The first kappa shape index (κ1) is 32.2. The number of carbonyl (C=O) groups excluding carboxylic acids is 3. The minimum atomic E-state index is -0.0593. The molecule has 0 unspecified atom stereocenters. The highest BCUT2D eigenvalue weighted by molar-refractivity contribution is 6.09. The van der Waals surface area contributed by atoms with E-state index in [1.807, 2.05) is 106 Å². The third-order valence-electron chi connectivity index (χ3n) is 6.36. The number of ketones is 1. The molecule has 43 heavy (non-hydrogen) atoms. The molecule has 10 nitrogen and oxygen atoms in total. The molecule has 0 saturated heterocycles. The summed E-state index contributed by atoms with van der Waals surface area (Å²) in [5, 5.41) is 0. The van der Waals surface area contributed by atoms with E-state index in [4.69, 9.17) is 5.73 Å². The summed E-state index contributed by atoms with van der Waals surface area (Å²) in [5.74, 6) is 0.504. The zero-order valence-corrected chi connectivity index (χ0v) is 25.1. The van der Waals surface area contributed by atoms with Gasteiger partial charge in [-0.3, -0.25) is 19.3 Å². The van der Waals surface area contributed by atoms with Gasteiger partial charge in [0.1, 0.15) is 18.3 Å². The first-order chi connectivity index (χ1) is 20.7. The Kier molecular flexibility index (Phi) is 11.7. The van der Waals surface area contributed by atoms with Gasteiger partial charge >= 0.3 is 0 Å². The molecule has 0 fully saturated rings. The van der Waals surface area contributed by atoms with E-state index in [-0.39, 0.29) is 11.6 Å². The van der Waals surface area contributed by atoms with Gasteiger partial charge in [-0.1, -0.05) is 42.5 Å². The lowest BCUT2D eigenvalue weighted by Gasteiger charge is -2.27. The van der Waals surface area contributed by atoms with Crippen molar-refractivity contribution >= 4 is 52.9 Å². The molecule has 4 rings (SSSR count). The number of amides is 1. The first-order valence-corrected chi connectivity index (χ1v) is 13.5. The molecule has 0 radical (unpaired) electrons. The number of nitrogen functional groups attached to an aromatic ring is 1. The van der Waals surface area contributed by atoms with Crippen LogP contribution in [0.4, 0.5) is 34.4 Å². The van der Waals surface area contributed by atoms with Crippen LogP contribution in [0.5, 0.6) is 0 Å². The van der Waals surface area contributed by atoms with Crippen molar-refractivity contribution in [1.82, 2.24) is 14.9 Å². The Morgan fingerprint density at radius 2 is 1.44 bits per heavy atom. The lowest BCUT2D eigenvalue weighted by molar-refractivity contribution is -0.107. The lowest BCUT2D eigenvalue weighted by Crippen LogP contribution is -2.22. The average molecular weight is 580 g/mol. The minimum Gasteiger partial charge on any atom is -0.382 e. The van der Waals surface area contributed by atoms with Crippen LogP contribution in [0.15, 0.2) is 97.3 Å². The number of likely N-dealkylation sites (N-methyl/N-ethyl adjacent to an activating group) is 1. The van der Waals surface area contributed by atoms with E-state index in [9.17, 15) is 14.4 Å². The van der Waals surface area contributed by atoms with E-state index in [1.54, 1.807) is 29.2 Å². The Morgan fingerprint density at radius 1 is 0.791 bits per heavy atom. The molecule has 222 valence electrons. The van der Waals surface area contributed by atoms with E-state index < -0.39 is 0 Å². The second-order valence-corrected chi connectivity index (χ2v) is 9.95. The van der Waals surface area contributed by atoms with Crippen LogP contribution in [-0.2, 0) is 9.59 Å². The van der Waals surface area contributed by atoms with E-state index in [2.05, 4.69) is 9.97 Å². The van der Waals surface area contributed by atoms with Gasteiger partial charge in [0.05, 0.1) is 5.69 Å². The quantitative estimate of drug-likeness (QED) is 0.153. The molecule has 0 saturated carbocycles. The van der Waals surface area contributed by atoms with Crippen LogP contribution in [0.25, 0.3) is 0 Å². The van der Waals surface area contributed by atoms with Crippen molar-refractivity contribution in [3.8, 4) is 0 Å². The van der Waals surface area contributed by atoms with Crippen LogP contribution >= 0.6 is 0 Å². The van der Waals surface area contributed by atoms with Crippen molar-refractivity contribution in [2.75, 3.05) is 62.2 Å². The summed E-state index contributed by atoms with van der Waals surface area (Å²) < 4.78 is 0. The van der Waals surface area contributed by atoms with Gasteiger partial charge in [0.15, 0.2) is 17.4 Å². The molecule has 1 amide bonds. The number of aldehydes is 1. The van der Waals surface area contributed by atoms with Crippen LogP contribution in [0.1, 0.15) is 15.9 Å². The van der Waals surface area contributed by atoms with Crippen LogP contribution in [0.2, 0.25) is 0 Å². The highest BCUT2D eigenvalue weighted by atomic mass is 16.1. The Labute approximate surface area is 252 Å². The topological polar surface area (TPSA) is 116 Å². The van der Waals surface area contributed by atoms with E-state index in [0.717, 1.165) is 24.2 Å². The second kappa shape index (κ2) is 15.6. The maximum absolute atomic E-state index is 12.8. The van der Waals surface area contributed by atoms with Crippen molar-refractivity contribution in [1.29, 1.82) is 0 Å². The lowest BCUT2D eigenvalue weighted by atomic mass is 10.0. The van der Waals surface area contributed by atoms with Gasteiger partial charge in [-0.2, -0.15) is 0 Å². The van der Waals surface area contributed by atoms with Gasteiger partial charge < -0.3 is 20.4 Å². The molecule has 0 aliphatic carbocycles. The smallest absolute Gasteiger partial charge is 0.219 e. The molecule has 0 aliphatic rings. The summed E-state index contributed by atoms with van der Waals surface area (Å²) in [4.78, 5) is 50.4. The van der Waals surface area contributed by atoms with Gasteiger partial charge in [-0.15, -0.1) is 0 Å². The summed E-state index contributed by atoms with van der Waals surface area (Å²) in [5.41, 5.74) is 10.3. The molecule has 1 aromatic heterocycles. The van der Waals surface area contributed by atoms with Gasteiger partial charge in [-0.05, 0) is 62.6 Å². The maximum Gasteiger partial charge on any atom is 0.219 e. The van der Waals surface area contributed by atoms with Crippen LogP contribution in [-0.4, -0.2) is 75.1 Å². The highest BCUT2D eigenvalue weighted by Crippen LogP contribution is 2.38. The third-order valence-corrected chi connectivity index (χ3v) is 6.36. The van der Waals surface area contributed by atoms with Crippen molar-refractivity contribution in [3.63, 3.8) is 0 Å². The molecular formula is C33H37N7O3. The van der Waals surface area contributed by atoms with Gasteiger partial charge in [-0.25, -0.2) is 9.97 Å². The fourth-order valence-corrected chi connectivity index (χ4v) is 4.08. The number of nitrogens with zero attached hydrogens (tertiary/aromatic N) is 6. The Bertz CT molecular complexity index is 1540. The number of anilines is 6. The number of benzene rings is 3. The van der Waals surface area contributed by atoms with Gasteiger partial charge in [0, 0.05) is 50.2 Å². The Balaban J connectivity index is 0.000000557. The van der Waals surface area contributed by atoms with E-state index in [0.29, 0.717) is 34.7 Å². The van der Waals surface area contributed by atoms with Crippen LogP contribution in [0, 0.1) is 0 Å². The summed E-state index contributed by atoms with van der Waals surface area (Å²) in [6, 6.07) is 23.8. The number of hydrogen-bond donors (Lipinski definition) is 1. The summed E-state index contributed by atoms with van der Waals surface area (Å²) in [6.07, 6.45) is 6.13. The number of aromatic nitrogens is 2. The summed E-state index contributed by atoms with van der Waals surface area (Å²) in [6.45, 7) is 0.832. The molecule has 10 heteroatoms. The average Bonchev–Trinajstić information content (AvgIpc) is 3.02. The molecule has 0 atom stereocenters. The molecule has 3 aromatic carbocycles. The van der Waals surface area contributed by atoms with E-state index >= 15 is 0 Å². The molecule has 2 N–H and O–H groups in total. The number of allylic oxidation sites excluding steroid dienone is 1. The third kappa shape index (κ3) is 8.57. The monoisotopic (exact) mass is 579 g/mol. The number of nitrogens with two attached hydrogens (primary N) is 1. The van der Waals surface area contributed by atoms with Crippen molar-refractivity contribution < 1.29 is 14.4 Å². The van der Waals surface area contributed by atoms with Crippen molar-refractivity contribution in [2.45, 2.75) is 0 Å².